The number of phenolic OH excluding ortho intramolecular Hbond substituents is 1. The molecule has 0 spiro atoms. The Morgan fingerprint density at radius 1 is 0.821 bits per heavy atom. The van der Waals surface area contributed by atoms with E-state index in [-0.39, 0.29) is 0 Å². The first kappa shape index (κ1) is 27.0. The molecule has 200 valence electrons. The number of hydrogen-bond donors (Lipinski definition) is 1. The number of hydrogen-bond acceptors (Lipinski definition) is 4. The molecule has 39 heavy (non-hydrogen) atoms. The zero-order chi connectivity index (χ0) is 26.9. The number of ether oxygens (including phenoxy) is 1. The summed E-state index contributed by atoms with van der Waals surface area (Å²) in [5.74, 6) is 2.40. The van der Waals surface area contributed by atoms with E-state index in [0.29, 0.717) is 23.9 Å². The van der Waals surface area contributed by atoms with Crippen LogP contribution in [0.5, 0.6) is 11.5 Å². The lowest BCUT2D eigenvalue weighted by molar-refractivity contribution is 0.306. The normalized spacial score (nSPS) is 14.0. The monoisotopic (exact) mass is 537 g/mol. The van der Waals surface area contributed by atoms with Crippen LogP contribution in [-0.2, 0) is 23.3 Å². The van der Waals surface area contributed by atoms with Crippen LogP contribution in [0.3, 0.4) is 0 Å². The third kappa shape index (κ3) is 7.31. The van der Waals surface area contributed by atoms with E-state index in [4.69, 9.17) is 4.74 Å². The van der Waals surface area contributed by atoms with E-state index in [0.717, 1.165) is 55.5 Å². The second-order valence-electron chi connectivity index (χ2n) is 9.96. The van der Waals surface area contributed by atoms with E-state index in [9.17, 15) is 9.66 Å². The van der Waals surface area contributed by atoms with Gasteiger partial charge in [-0.3, -0.25) is 4.98 Å². The summed E-state index contributed by atoms with van der Waals surface area (Å²) < 4.78 is 18.3. The van der Waals surface area contributed by atoms with Crippen molar-refractivity contribution in [2.75, 3.05) is 12.4 Å². The van der Waals surface area contributed by atoms with Gasteiger partial charge in [-0.2, -0.15) is 0 Å². The molecule has 5 heteroatoms. The standard InChI is InChI=1S/C34H35NO3S/c36-30-17-20-33-28(24-30)12-9-14-32(26-10-3-1-4-11-26)34(33)27-15-18-31(19-16-27)38-22-7-2-8-23-39(37)25-29-13-5-6-21-35-29/h1,3-6,10-11,13,15-21,24,36H,2,7-9,12,14,22-23,25H2. The summed E-state index contributed by atoms with van der Waals surface area (Å²) in [6, 6.07) is 30.5. The van der Waals surface area contributed by atoms with E-state index < -0.39 is 11.2 Å². The molecule has 0 saturated carbocycles. The predicted octanol–water partition coefficient (Wildman–Crippen LogP) is 7.58. The predicted molar refractivity (Wildman–Crippen MR) is 160 cm³/mol. The Hall–Kier alpha value is -3.54. The quantitative estimate of drug-likeness (QED) is 0.158. The fourth-order valence-corrected chi connectivity index (χ4v) is 6.37. The summed E-state index contributed by atoms with van der Waals surface area (Å²) >= 11 is -0.875. The molecule has 1 atom stereocenters. The third-order valence-corrected chi connectivity index (χ3v) is 8.48. The largest absolute Gasteiger partial charge is 0.616 e. The van der Waals surface area contributed by atoms with Crippen LogP contribution in [-0.4, -0.2) is 27.0 Å². The van der Waals surface area contributed by atoms with Crippen LogP contribution < -0.4 is 4.74 Å². The smallest absolute Gasteiger partial charge is 0.147 e. The Kier molecular flexibility index (Phi) is 9.36. The molecule has 5 rings (SSSR count). The Labute approximate surface area is 234 Å². The molecule has 0 saturated heterocycles. The first-order valence-electron chi connectivity index (χ1n) is 13.8. The van der Waals surface area contributed by atoms with Crippen molar-refractivity contribution < 1.29 is 14.4 Å². The van der Waals surface area contributed by atoms with Crippen LogP contribution in [0, 0.1) is 0 Å². The molecule has 3 aromatic carbocycles. The number of allylic oxidation sites excluding steroid dienone is 1. The SMILES string of the molecule is [O-][S+](CCCCCOc1ccc(C2=C(c3ccccc3)CCCc3cc(O)ccc32)cc1)Cc1ccccn1. The van der Waals surface area contributed by atoms with Crippen LogP contribution >= 0.6 is 0 Å². The van der Waals surface area contributed by atoms with Gasteiger partial charge < -0.3 is 14.4 Å². The number of rotatable bonds is 11. The molecule has 0 fully saturated rings. The van der Waals surface area contributed by atoms with E-state index in [1.807, 2.05) is 24.3 Å². The summed E-state index contributed by atoms with van der Waals surface area (Å²) in [4.78, 5) is 4.26. The summed E-state index contributed by atoms with van der Waals surface area (Å²) in [6.45, 7) is 0.645. The number of phenols is 1. The molecule has 1 heterocycles. The first-order valence-corrected chi connectivity index (χ1v) is 15.2. The zero-order valence-corrected chi connectivity index (χ0v) is 23.0. The van der Waals surface area contributed by atoms with Gasteiger partial charge in [-0.1, -0.05) is 54.6 Å². The molecule has 4 nitrogen and oxygen atoms in total. The highest BCUT2D eigenvalue weighted by atomic mass is 32.2. The lowest BCUT2D eigenvalue weighted by Gasteiger charge is -2.17. The van der Waals surface area contributed by atoms with Gasteiger partial charge in [0.15, 0.2) is 0 Å². The lowest BCUT2D eigenvalue weighted by atomic mass is 9.88. The van der Waals surface area contributed by atoms with Gasteiger partial charge in [0.2, 0.25) is 0 Å². The van der Waals surface area contributed by atoms with Gasteiger partial charge in [0, 0.05) is 6.20 Å². The van der Waals surface area contributed by atoms with Gasteiger partial charge >= 0.3 is 0 Å². The minimum atomic E-state index is -0.875. The molecule has 1 aliphatic rings. The van der Waals surface area contributed by atoms with Crippen molar-refractivity contribution in [1.82, 2.24) is 4.98 Å². The fourth-order valence-electron chi connectivity index (χ4n) is 5.20. The fraction of sp³-hybridized carbons (Fsp3) is 0.265. The minimum absolute atomic E-state index is 0.319. The average molecular weight is 538 g/mol. The molecule has 0 bridgehead atoms. The highest BCUT2D eigenvalue weighted by molar-refractivity contribution is 7.90. The van der Waals surface area contributed by atoms with Crippen LogP contribution in [0.25, 0.3) is 11.1 Å². The van der Waals surface area contributed by atoms with E-state index in [1.54, 1.807) is 12.3 Å². The van der Waals surface area contributed by atoms with E-state index in [1.165, 1.54) is 27.8 Å². The number of aromatic hydroxyl groups is 1. The summed E-state index contributed by atoms with van der Waals surface area (Å²) in [6.07, 6.45) is 7.57. The molecule has 0 radical (unpaired) electrons. The molecule has 1 aromatic heterocycles. The Morgan fingerprint density at radius 2 is 1.64 bits per heavy atom. The van der Waals surface area contributed by atoms with Crippen molar-refractivity contribution in [3.05, 3.63) is 125 Å². The number of aromatic nitrogens is 1. The van der Waals surface area contributed by atoms with Gasteiger partial charge in [0.05, 0.1) is 12.3 Å². The Bertz CT molecular complexity index is 1370. The second-order valence-corrected chi connectivity index (χ2v) is 11.5. The first-order chi connectivity index (χ1) is 19.2. The van der Waals surface area contributed by atoms with Gasteiger partial charge in [-0.15, -0.1) is 0 Å². The van der Waals surface area contributed by atoms with Crippen molar-refractivity contribution in [2.24, 2.45) is 0 Å². The van der Waals surface area contributed by atoms with E-state index in [2.05, 4.69) is 65.6 Å². The molecule has 0 amide bonds. The van der Waals surface area contributed by atoms with Crippen LogP contribution in [0.2, 0.25) is 0 Å². The number of aryl methyl sites for hydroxylation is 1. The Morgan fingerprint density at radius 3 is 2.44 bits per heavy atom. The van der Waals surface area contributed by atoms with Crippen molar-refractivity contribution in [2.45, 2.75) is 44.3 Å². The van der Waals surface area contributed by atoms with Gasteiger partial charge in [0.1, 0.15) is 23.0 Å². The maximum atomic E-state index is 12.3. The molecule has 0 aliphatic heterocycles. The van der Waals surface area contributed by atoms with E-state index >= 15 is 0 Å². The van der Waals surface area contributed by atoms with Gasteiger partial charge in [-0.25, -0.2) is 0 Å². The molecule has 1 N–H and O–H groups in total. The lowest BCUT2D eigenvalue weighted by Crippen LogP contribution is -2.10. The number of pyridine rings is 1. The maximum absolute atomic E-state index is 12.3. The number of unbranched alkanes of at least 4 members (excludes halogenated alkanes) is 2. The van der Waals surface area contributed by atoms with Gasteiger partial charge in [0.25, 0.3) is 0 Å². The number of fused-ring (bicyclic) bond motifs is 1. The highest BCUT2D eigenvalue weighted by Gasteiger charge is 2.20. The van der Waals surface area contributed by atoms with Crippen molar-refractivity contribution in [3.8, 4) is 11.5 Å². The molecule has 4 aromatic rings. The number of nitrogens with zero attached hydrogens (tertiary/aromatic N) is 1. The minimum Gasteiger partial charge on any atom is -0.616 e. The van der Waals surface area contributed by atoms with Gasteiger partial charge in [-0.05, 0) is 119 Å². The summed E-state index contributed by atoms with van der Waals surface area (Å²) in [7, 11) is 0. The number of benzene rings is 3. The average Bonchev–Trinajstić information content (AvgIpc) is 3.15. The van der Waals surface area contributed by atoms with Crippen LogP contribution in [0.1, 0.15) is 60.1 Å². The highest BCUT2D eigenvalue weighted by Crippen LogP contribution is 2.41. The zero-order valence-electron chi connectivity index (χ0n) is 22.2. The molecule has 1 aliphatic carbocycles. The second kappa shape index (κ2) is 13.5. The molecular weight excluding hydrogens is 502 g/mol. The van der Waals surface area contributed by atoms with Crippen molar-refractivity contribution >= 4 is 22.3 Å². The molecule has 1 unspecified atom stereocenters. The summed E-state index contributed by atoms with van der Waals surface area (Å²) in [5, 5.41) is 10.1. The van der Waals surface area contributed by atoms with Crippen molar-refractivity contribution in [1.29, 1.82) is 0 Å². The van der Waals surface area contributed by atoms with Crippen LogP contribution in [0.15, 0.2) is 97.2 Å². The third-order valence-electron chi connectivity index (χ3n) is 7.12. The summed E-state index contributed by atoms with van der Waals surface area (Å²) in [5.41, 5.74) is 8.25. The van der Waals surface area contributed by atoms with Crippen molar-refractivity contribution in [3.63, 3.8) is 0 Å². The maximum Gasteiger partial charge on any atom is 0.147 e. The molecular formula is C34H35NO3S. The van der Waals surface area contributed by atoms with Crippen LogP contribution in [0.4, 0.5) is 0 Å². The Balaban J connectivity index is 1.21. The topological polar surface area (TPSA) is 65.4 Å².